The third-order valence-corrected chi connectivity index (χ3v) is 4.70. The molecular weight excluding hydrogens is 343 g/mol. The highest BCUT2D eigenvalue weighted by molar-refractivity contribution is 5.27. The fourth-order valence-corrected chi connectivity index (χ4v) is 3.10. The number of nitrogens with one attached hydrogen (secondary N) is 1. The predicted molar refractivity (Wildman–Crippen MR) is 94.8 cm³/mol. The van der Waals surface area contributed by atoms with Gasteiger partial charge < -0.3 is 9.84 Å². The number of aryl methyl sites for hydroxylation is 2. The van der Waals surface area contributed by atoms with Gasteiger partial charge in [-0.3, -0.25) is 4.90 Å². The van der Waals surface area contributed by atoms with Crippen LogP contribution in [0, 0.1) is 13.8 Å². The van der Waals surface area contributed by atoms with Crippen LogP contribution in [0.15, 0.2) is 28.8 Å². The SMILES string of the molecule is CCN(CC)C(CNCc1c(C)noc1C)c1ccc(C(F)(F)F)cc1. The molecule has 1 unspecified atom stereocenters. The monoisotopic (exact) mass is 369 g/mol. The fourth-order valence-electron chi connectivity index (χ4n) is 3.10. The molecule has 1 atom stereocenters. The Balaban J connectivity index is 2.13. The van der Waals surface area contributed by atoms with Gasteiger partial charge in [0.15, 0.2) is 0 Å². The van der Waals surface area contributed by atoms with Crippen molar-refractivity contribution in [3.05, 3.63) is 52.4 Å². The van der Waals surface area contributed by atoms with Crippen molar-refractivity contribution in [3.63, 3.8) is 0 Å². The number of nitrogens with zero attached hydrogens (tertiary/aromatic N) is 2. The van der Waals surface area contributed by atoms with Gasteiger partial charge in [0.05, 0.1) is 11.3 Å². The Kier molecular flexibility index (Phi) is 6.83. The minimum atomic E-state index is -4.31. The maximum absolute atomic E-state index is 12.8. The van der Waals surface area contributed by atoms with E-state index in [1.807, 2.05) is 13.8 Å². The van der Waals surface area contributed by atoms with E-state index < -0.39 is 11.7 Å². The molecule has 0 aliphatic carbocycles. The van der Waals surface area contributed by atoms with Crippen LogP contribution < -0.4 is 5.32 Å². The van der Waals surface area contributed by atoms with Gasteiger partial charge in [0.2, 0.25) is 0 Å². The Morgan fingerprint density at radius 1 is 1.12 bits per heavy atom. The summed E-state index contributed by atoms with van der Waals surface area (Å²) >= 11 is 0. The molecule has 0 saturated heterocycles. The summed E-state index contributed by atoms with van der Waals surface area (Å²) in [6, 6.07) is 5.44. The lowest BCUT2D eigenvalue weighted by molar-refractivity contribution is -0.137. The lowest BCUT2D eigenvalue weighted by Gasteiger charge is -2.30. The average Bonchev–Trinajstić information content (AvgIpc) is 2.92. The number of hydrogen-bond donors (Lipinski definition) is 1. The zero-order valence-electron chi connectivity index (χ0n) is 15.7. The van der Waals surface area contributed by atoms with E-state index >= 15 is 0 Å². The molecule has 4 nitrogen and oxygen atoms in total. The molecule has 1 aromatic heterocycles. The fraction of sp³-hybridized carbons (Fsp3) is 0.526. The van der Waals surface area contributed by atoms with Crippen LogP contribution in [0.1, 0.15) is 48.0 Å². The molecule has 0 spiro atoms. The molecule has 0 bridgehead atoms. The molecule has 1 N–H and O–H groups in total. The zero-order chi connectivity index (χ0) is 19.3. The largest absolute Gasteiger partial charge is 0.416 e. The van der Waals surface area contributed by atoms with Gasteiger partial charge in [0.1, 0.15) is 5.76 Å². The van der Waals surface area contributed by atoms with Gasteiger partial charge >= 0.3 is 6.18 Å². The van der Waals surface area contributed by atoms with Crippen LogP contribution in [0.3, 0.4) is 0 Å². The van der Waals surface area contributed by atoms with Crippen LogP contribution in [-0.4, -0.2) is 29.7 Å². The normalized spacial score (nSPS) is 13.4. The summed E-state index contributed by atoms with van der Waals surface area (Å²) in [6.07, 6.45) is -4.31. The minimum Gasteiger partial charge on any atom is -0.361 e. The maximum Gasteiger partial charge on any atom is 0.416 e. The number of aromatic nitrogens is 1. The Morgan fingerprint density at radius 2 is 1.73 bits per heavy atom. The van der Waals surface area contributed by atoms with Gasteiger partial charge in [-0.25, -0.2) is 0 Å². The molecule has 26 heavy (non-hydrogen) atoms. The lowest BCUT2D eigenvalue weighted by atomic mass is 10.0. The Hall–Kier alpha value is -1.86. The van der Waals surface area contributed by atoms with Crippen molar-refractivity contribution < 1.29 is 17.7 Å². The molecule has 0 aliphatic rings. The molecule has 0 aliphatic heterocycles. The van der Waals surface area contributed by atoms with Crippen molar-refractivity contribution in [2.45, 2.75) is 46.5 Å². The van der Waals surface area contributed by atoms with Crippen molar-refractivity contribution in [1.29, 1.82) is 0 Å². The van der Waals surface area contributed by atoms with Gasteiger partial charge in [0.25, 0.3) is 0 Å². The van der Waals surface area contributed by atoms with Gasteiger partial charge in [-0.2, -0.15) is 13.2 Å². The third kappa shape index (κ3) is 4.86. The van der Waals surface area contributed by atoms with Crippen molar-refractivity contribution in [2.75, 3.05) is 19.6 Å². The van der Waals surface area contributed by atoms with Gasteiger partial charge in [-0.05, 0) is 44.6 Å². The highest BCUT2D eigenvalue weighted by Crippen LogP contribution is 2.30. The number of rotatable bonds is 8. The van der Waals surface area contributed by atoms with Gasteiger partial charge in [-0.15, -0.1) is 0 Å². The van der Waals surface area contributed by atoms with Crippen LogP contribution >= 0.6 is 0 Å². The second-order valence-corrected chi connectivity index (χ2v) is 6.29. The molecule has 2 rings (SSSR count). The lowest BCUT2D eigenvalue weighted by Crippen LogP contribution is -2.35. The summed E-state index contributed by atoms with van der Waals surface area (Å²) in [5, 5.41) is 7.34. The Morgan fingerprint density at radius 3 is 2.19 bits per heavy atom. The molecule has 7 heteroatoms. The second kappa shape index (κ2) is 8.68. The first-order valence-corrected chi connectivity index (χ1v) is 8.81. The van der Waals surface area contributed by atoms with Crippen LogP contribution in [0.2, 0.25) is 0 Å². The zero-order valence-corrected chi connectivity index (χ0v) is 15.7. The number of likely N-dealkylation sites (N-methyl/N-ethyl adjacent to an activating group) is 1. The van der Waals surface area contributed by atoms with E-state index in [1.54, 1.807) is 12.1 Å². The molecule has 144 valence electrons. The quantitative estimate of drug-likeness (QED) is 0.745. The van der Waals surface area contributed by atoms with E-state index in [4.69, 9.17) is 4.52 Å². The summed E-state index contributed by atoms with van der Waals surface area (Å²) in [6.45, 7) is 10.7. The van der Waals surface area contributed by atoms with Crippen LogP contribution in [0.25, 0.3) is 0 Å². The van der Waals surface area contributed by atoms with Crippen molar-refractivity contribution >= 4 is 0 Å². The minimum absolute atomic E-state index is 0.00671. The summed E-state index contributed by atoms with van der Waals surface area (Å²) in [5.74, 6) is 0.781. The van der Waals surface area contributed by atoms with Crippen LogP contribution in [0.4, 0.5) is 13.2 Å². The smallest absolute Gasteiger partial charge is 0.361 e. The standard InChI is InChI=1S/C19H26F3N3O/c1-5-25(6-2)18(12-23-11-17-13(3)24-26-14(17)4)15-7-9-16(10-8-15)19(20,21)22/h7-10,18,23H,5-6,11-12H2,1-4H3. The van der Waals surface area contributed by atoms with E-state index in [1.165, 1.54) is 0 Å². The Labute approximate surface area is 152 Å². The molecule has 0 amide bonds. The summed E-state index contributed by atoms with van der Waals surface area (Å²) in [4.78, 5) is 2.23. The Bertz CT molecular complexity index is 672. The maximum atomic E-state index is 12.8. The van der Waals surface area contributed by atoms with Crippen molar-refractivity contribution in [1.82, 2.24) is 15.4 Å². The predicted octanol–water partition coefficient (Wildman–Crippen LogP) is 4.48. The third-order valence-electron chi connectivity index (χ3n) is 4.70. The van der Waals surface area contributed by atoms with Crippen molar-refractivity contribution in [3.8, 4) is 0 Å². The second-order valence-electron chi connectivity index (χ2n) is 6.29. The summed E-state index contributed by atoms with van der Waals surface area (Å²) in [5.41, 5.74) is 2.12. The molecule has 2 aromatic rings. The van der Waals surface area contributed by atoms with Gasteiger partial charge in [-0.1, -0.05) is 31.1 Å². The number of hydrogen-bond acceptors (Lipinski definition) is 4. The topological polar surface area (TPSA) is 41.3 Å². The highest BCUT2D eigenvalue weighted by Gasteiger charge is 2.30. The first-order valence-electron chi connectivity index (χ1n) is 8.81. The van der Waals surface area contributed by atoms with E-state index in [9.17, 15) is 13.2 Å². The summed E-state index contributed by atoms with van der Waals surface area (Å²) < 4.78 is 43.6. The van der Waals surface area contributed by atoms with E-state index in [0.29, 0.717) is 13.1 Å². The average molecular weight is 369 g/mol. The van der Waals surface area contributed by atoms with Crippen LogP contribution in [-0.2, 0) is 12.7 Å². The van der Waals surface area contributed by atoms with E-state index in [2.05, 4.69) is 29.2 Å². The first-order chi connectivity index (χ1) is 12.3. The van der Waals surface area contributed by atoms with Crippen LogP contribution in [0.5, 0.6) is 0 Å². The highest BCUT2D eigenvalue weighted by atomic mass is 19.4. The van der Waals surface area contributed by atoms with E-state index in [-0.39, 0.29) is 6.04 Å². The van der Waals surface area contributed by atoms with E-state index in [0.717, 1.165) is 47.8 Å². The molecule has 0 saturated carbocycles. The van der Waals surface area contributed by atoms with Crippen molar-refractivity contribution in [2.24, 2.45) is 0 Å². The van der Waals surface area contributed by atoms with Gasteiger partial charge in [0, 0.05) is 24.7 Å². The number of alkyl halides is 3. The molecule has 1 aromatic carbocycles. The first kappa shape index (κ1) is 20.5. The number of benzene rings is 1. The molecule has 1 heterocycles. The molecular formula is C19H26F3N3O. The molecule has 0 radical (unpaired) electrons. The number of halogens is 3. The molecule has 0 fully saturated rings. The summed E-state index contributed by atoms with van der Waals surface area (Å²) in [7, 11) is 0.